The highest BCUT2D eigenvalue weighted by molar-refractivity contribution is 8.22. The number of nitrogens with zero attached hydrogens (tertiary/aromatic N) is 1. The third kappa shape index (κ3) is 4.69. The molecule has 2 rings (SSSR count). The molecule has 0 saturated carbocycles. The average Bonchev–Trinajstić information content (AvgIpc) is 2.86. The van der Waals surface area contributed by atoms with E-state index >= 15 is 0 Å². The lowest BCUT2D eigenvalue weighted by molar-refractivity contribution is -0.149. The molecule has 0 unspecified atom stereocenters. The van der Waals surface area contributed by atoms with Gasteiger partial charge in [0, 0.05) is 13.0 Å². The summed E-state index contributed by atoms with van der Waals surface area (Å²) < 4.78 is 11.5. The summed E-state index contributed by atoms with van der Waals surface area (Å²) in [6.07, 6.45) is 2.46. The molecule has 2 atom stereocenters. The number of thioether (sulfide) groups is 1. The molecule has 0 amide bonds. The number of carbonyl (C=O) groups excluding carboxylic acids is 1. The summed E-state index contributed by atoms with van der Waals surface area (Å²) in [5.74, 6) is -0.206. The summed E-state index contributed by atoms with van der Waals surface area (Å²) in [5.41, 5.74) is 0.989. The van der Waals surface area contributed by atoms with Crippen molar-refractivity contribution in [2.45, 2.75) is 25.2 Å². The Labute approximate surface area is 134 Å². The highest BCUT2D eigenvalue weighted by Crippen LogP contribution is 2.22. The number of likely N-dealkylation sites (tertiary alicyclic amines) is 1. The normalized spacial score (nSPS) is 22.0. The number of benzene rings is 1. The molecule has 0 bridgehead atoms. The van der Waals surface area contributed by atoms with Crippen LogP contribution in [-0.2, 0) is 20.9 Å². The standard InChI is InChI=1S/C15H19NO3S2/c1-16-9-12(19-15(20)21-2)8-13(16)14(17)18-10-11-6-4-3-5-7-11/h3-7,12-13H,8-10H2,1-2H3/t12-,13+/m1/s1. The molecule has 0 aliphatic carbocycles. The fourth-order valence-electron chi connectivity index (χ4n) is 2.32. The zero-order chi connectivity index (χ0) is 15.2. The molecule has 6 heteroatoms. The molecule has 1 aromatic rings. The zero-order valence-corrected chi connectivity index (χ0v) is 13.8. The van der Waals surface area contributed by atoms with Gasteiger partial charge in [-0.3, -0.25) is 9.69 Å². The number of hydrogen-bond acceptors (Lipinski definition) is 6. The van der Waals surface area contributed by atoms with Gasteiger partial charge >= 0.3 is 5.97 Å². The van der Waals surface area contributed by atoms with Gasteiger partial charge in [-0.2, -0.15) is 0 Å². The van der Waals surface area contributed by atoms with E-state index in [0.29, 0.717) is 24.0 Å². The smallest absolute Gasteiger partial charge is 0.323 e. The van der Waals surface area contributed by atoms with Crippen LogP contribution in [0.5, 0.6) is 0 Å². The lowest BCUT2D eigenvalue weighted by atomic mass is 10.2. The van der Waals surface area contributed by atoms with Crippen LogP contribution in [0.1, 0.15) is 12.0 Å². The van der Waals surface area contributed by atoms with E-state index in [0.717, 1.165) is 5.56 Å². The Kier molecular flexibility index (Phi) is 6.02. The minimum atomic E-state index is -0.261. The molecule has 114 valence electrons. The van der Waals surface area contributed by atoms with Gasteiger partial charge in [-0.1, -0.05) is 42.1 Å². The number of likely N-dealkylation sites (N-methyl/N-ethyl adjacent to an activating group) is 1. The number of esters is 1. The molecule has 1 aliphatic rings. The maximum atomic E-state index is 12.2. The predicted molar refractivity (Wildman–Crippen MR) is 88.3 cm³/mol. The molecular weight excluding hydrogens is 306 g/mol. The van der Waals surface area contributed by atoms with Gasteiger partial charge in [0.2, 0.25) is 4.38 Å². The first kappa shape index (κ1) is 16.3. The molecule has 1 aliphatic heterocycles. The van der Waals surface area contributed by atoms with Crippen LogP contribution in [0, 0.1) is 0 Å². The average molecular weight is 325 g/mol. The van der Waals surface area contributed by atoms with Crippen molar-refractivity contribution in [2.75, 3.05) is 19.8 Å². The molecule has 21 heavy (non-hydrogen) atoms. The molecule has 1 fully saturated rings. The largest absolute Gasteiger partial charge is 0.474 e. The second kappa shape index (κ2) is 7.77. The molecule has 1 heterocycles. The topological polar surface area (TPSA) is 38.8 Å². The number of ether oxygens (including phenoxy) is 2. The number of carbonyl (C=O) groups is 1. The Balaban J connectivity index is 1.83. The van der Waals surface area contributed by atoms with Crippen molar-refractivity contribution < 1.29 is 14.3 Å². The van der Waals surface area contributed by atoms with E-state index in [-0.39, 0.29) is 18.1 Å². The number of thiocarbonyl (C=S) groups is 1. The van der Waals surface area contributed by atoms with E-state index in [2.05, 4.69) is 0 Å². The van der Waals surface area contributed by atoms with Gasteiger partial charge in [0.1, 0.15) is 18.8 Å². The molecule has 1 saturated heterocycles. The van der Waals surface area contributed by atoms with E-state index in [1.807, 2.05) is 48.5 Å². The summed E-state index contributed by atoms with van der Waals surface area (Å²) in [5, 5.41) is 0. The van der Waals surface area contributed by atoms with Crippen LogP contribution in [0.3, 0.4) is 0 Å². The van der Waals surface area contributed by atoms with Gasteiger partial charge < -0.3 is 9.47 Å². The van der Waals surface area contributed by atoms with Crippen molar-refractivity contribution in [3.8, 4) is 0 Å². The third-order valence-electron chi connectivity index (χ3n) is 3.44. The molecule has 0 N–H and O–H groups in total. The first-order chi connectivity index (χ1) is 10.1. The van der Waals surface area contributed by atoms with Crippen molar-refractivity contribution in [3.63, 3.8) is 0 Å². The van der Waals surface area contributed by atoms with Crippen LogP contribution in [0.25, 0.3) is 0 Å². The third-order valence-corrected chi connectivity index (χ3v) is 4.46. The Morgan fingerprint density at radius 1 is 1.43 bits per heavy atom. The maximum Gasteiger partial charge on any atom is 0.323 e. The summed E-state index contributed by atoms with van der Waals surface area (Å²) in [7, 11) is 1.90. The van der Waals surface area contributed by atoms with E-state index in [4.69, 9.17) is 21.7 Å². The van der Waals surface area contributed by atoms with E-state index in [1.54, 1.807) is 0 Å². The van der Waals surface area contributed by atoms with Gasteiger partial charge in [0.15, 0.2) is 0 Å². The summed E-state index contributed by atoms with van der Waals surface area (Å²) in [4.78, 5) is 14.1. The Morgan fingerprint density at radius 3 is 2.81 bits per heavy atom. The fraction of sp³-hybridized carbons (Fsp3) is 0.467. The first-order valence-electron chi connectivity index (χ1n) is 6.75. The van der Waals surface area contributed by atoms with Crippen LogP contribution < -0.4 is 0 Å². The lowest BCUT2D eigenvalue weighted by Crippen LogP contribution is -2.34. The van der Waals surface area contributed by atoms with Crippen molar-refractivity contribution in [1.82, 2.24) is 4.90 Å². The lowest BCUT2D eigenvalue weighted by Gasteiger charge is -2.17. The summed E-state index contributed by atoms with van der Waals surface area (Å²) >= 11 is 6.46. The summed E-state index contributed by atoms with van der Waals surface area (Å²) in [6, 6.07) is 9.41. The van der Waals surface area contributed by atoms with E-state index < -0.39 is 0 Å². The van der Waals surface area contributed by atoms with Crippen LogP contribution in [0.2, 0.25) is 0 Å². The molecule has 0 aromatic heterocycles. The molecule has 1 aromatic carbocycles. The van der Waals surface area contributed by atoms with Gasteiger partial charge in [-0.05, 0) is 31.1 Å². The SMILES string of the molecule is CSC(=S)O[C@@H]1C[C@@H](C(=O)OCc2ccccc2)N(C)C1. The first-order valence-corrected chi connectivity index (χ1v) is 8.39. The molecular formula is C15H19NO3S2. The minimum Gasteiger partial charge on any atom is -0.474 e. The highest BCUT2D eigenvalue weighted by Gasteiger charge is 2.37. The van der Waals surface area contributed by atoms with Crippen LogP contribution in [-0.4, -0.2) is 47.2 Å². The van der Waals surface area contributed by atoms with Gasteiger partial charge in [-0.25, -0.2) is 0 Å². The predicted octanol–water partition coefficient (Wildman–Crippen LogP) is 2.47. The van der Waals surface area contributed by atoms with Gasteiger partial charge in [-0.15, -0.1) is 0 Å². The minimum absolute atomic E-state index is 0.0378. The fourth-order valence-corrected chi connectivity index (χ4v) is 2.69. The molecule has 4 nitrogen and oxygen atoms in total. The Bertz CT molecular complexity index is 495. The van der Waals surface area contributed by atoms with Crippen molar-refractivity contribution >= 4 is 34.3 Å². The van der Waals surface area contributed by atoms with E-state index in [1.165, 1.54) is 11.8 Å². The van der Waals surface area contributed by atoms with E-state index in [9.17, 15) is 4.79 Å². The van der Waals surface area contributed by atoms with Crippen molar-refractivity contribution in [1.29, 1.82) is 0 Å². The Morgan fingerprint density at radius 2 is 2.14 bits per heavy atom. The zero-order valence-electron chi connectivity index (χ0n) is 12.2. The van der Waals surface area contributed by atoms with Crippen LogP contribution in [0.4, 0.5) is 0 Å². The molecule has 0 radical (unpaired) electrons. The number of rotatable bonds is 4. The Hall–Kier alpha value is -1.11. The summed E-state index contributed by atoms with van der Waals surface area (Å²) in [6.45, 7) is 0.991. The molecule has 0 spiro atoms. The van der Waals surface area contributed by atoms with Crippen LogP contribution in [0.15, 0.2) is 30.3 Å². The van der Waals surface area contributed by atoms with Gasteiger partial charge in [0.25, 0.3) is 0 Å². The highest BCUT2D eigenvalue weighted by atomic mass is 32.2. The van der Waals surface area contributed by atoms with Crippen molar-refractivity contribution in [2.24, 2.45) is 0 Å². The maximum absolute atomic E-state index is 12.2. The monoisotopic (exact) mass is 325 g/mol. The van der Waals surface area contributed by atoms with Gasteiger partial charge in [0.05, 0.1) is 0 Å². The van der Waals surface area contributed by atoms with Crippen molar-refractivity contribution in [3.05, 3.63) is 35.9 Å². The quantitative estimate of drug-likeness (QED) is 0.625. The second-order valence-corrected chi connectivity index (χ2v) is 6.39. The number of hydrogen-bond donors (Lipinski definition) is 0. The second-order valence-electron chi connectivity index (χ2n) is 4.98. The van der Waals surface area contributed by atoms with Crippen LogP contribution >= 0.6 is 24.0 Å².